The van der Waals surface area contributed by atoms with Crippen molar-refractivity contribution in [2.24, 2.45) is 0 Å². The Balaban J connectivity index is 2.24. The number of fused-ring (bicyclic) bond motifs is 3. The van der Waals surface area contributed by atoms with E-state index in [-0.39, 0.29) is 0 Å². The molecular formula is C14H27BOSi. The van der Waals surface area contributed by atoms with Gasteiger partial charge in [0, 0.05) is 6.10 Å². The van der Waals surface area contributed by atoms with Crippen molar-refractivity contribution >= 4 is 15.0 Å². The van der Waals surface area contributed by atoms with Gasteiger partial charge >= 0.3 is 6.92 Å². The highest BCUT2D eigenvalue weighted by Gasteiger charge is 2.41. The van der Waals surface area contributed by atoms with Gasteiger partial charge in [-0.1, -0.05) is 56.5 Å². The number of allylic oxidation sites excluding steroid dienone is 1. The van der Waals surface area contributed by atoms with Crippen molar-refractivity contribution in [1.82, 2.24) is 0 Å². The van der Waals surface area contributed by atoms with E-state index in [1.165, 1.54) is 38.5 Å². The lowest BCUT2D eigenvalue weighted by Gasteiger charge is -2.30. The van der Waals surface area contributed by atoms with Crippen LogP contribution in [0, 0.1) is 0 Å². The number of rotatable bonds is 2. The third-order valence-corrected chi connectivity index (χ3v) is 6.76. The van der Waals surface area contributed by atoms with Crippen LogP contribution in [0.2, 0.25) is 25.5 Å². The first-order valence-corrected chi connectivity index (χ1v) is 10.8. The highest BCUT2D eigenvalue weighted by atomic mass is 28.3. The van der Waals surface area contributed by atoms with Crippen molar-refractivity contribution in [3.8, 4) is 0 Å². The van der Waals surface area contributed by atoms with Crippen molar-refractivity contribution in [2.45, 2.75) is 77.0 Å². The average Bonchev–Trinajstić information content (AvgIpc) is 2.47. The molecule has 0 spiro atoms. The van der Waals surface area contributed by atoms with Gasteiger partial charge in [0.25, 0.3) is 0 Å². The van der Waals surface area contributed by atoms with Gasteiger partial charge in [-0.3, -0.25) is 0 Å². The van der Waals surface area contributed by atoms with E-state index in [1.54, 1.807) is 5.10 Å². The van der Waals surface area contributed by atoms with Gasteiger partial charge < -0.3 is 4.65 Å². The van der Waals surface area contributed by atoms with Gasteiger partial charge in [-0.2, -0.15) is 0 Å². The molecule has 2 bridgehead atoms. The zero-order valence-electron chi connectivity index (χ0n) is 12.0. The Morgan fingerprint density at radius 1 is 1.12 bits per heavy atom. The van der Waals surface area contributed by atoms with Gasteiger partial charge in [0.2, 0.25) is 0 Å². The average molecular weight is 250 g/mol. The molecule has 0 aromatic rings. The summed E-state index contributed by atoms with van der Waals surface area (Å²) < 4.78 is 6.48. The number of hydrogen-bond donors (Lipinski definition) is 0. The first-order chi connectivity index (χ1) is 8.02. The zero-order valence-corrected chi connectivity index (χ0v) is 13.0. The normalized spacial score (nSPS) is 31.3. The van der Waals surface area contributed by atoms with Crippen LogP contribution in [0.4, 0.5) is 0 Å². The van der Waals surface area contributed by atoms with Gasteiger partial charge in [0.1, 0.15) is 0 Å². The second kappa shape index (κ2) is 5.31. The van der Waals surface area contributed by atoms with Gasteiger partial charge in [0.15, 0.2) is 0 Å². The molecule has 0 atom stereocenters. The maximum atomic E-state index is 6.48. The zero-order chi connectivity index (χ0) is 12.5. The van der Waals surface area contributed by atoms with Crippen molar-refractivity contribution < 1.29 is 4.65 Å². The Kier molecular flexibility index (Phi) is 4.19. The Bertz CT molecular complexity index is 285. The molecule has 0 N–H and O–H groups in total. The molecule has 0 amide bonds. The molecule has 2 aliphatic rings. The van der Waals surface area contributed by atoms with Crippen molar-refractivity contribution in [3.05, 3.63) is 11.2 Å². The summed E-state index contributed by atoms with van der Waals surface area (Å²) in [7, 11) is -1.22. The van der Waals surface area contributed by atoms with Crippen LogP contribution in [0.5, 0.6) is 0 Å². The lowest BCUT2D eigenvalue weighted by atomic mass is 9.53. The van der Waals surface area contributed by atoms with E-state index in [2.05, 4.69) is 32.6 Å². The third-order valence-electron chi connectivity index (χ3n) is 4.45. The predicted molar refractivity (Wildman–Crippen MR) is 79.2 cm³/mol. The maximum absolute atomic E-state index is 6.48. The summed E-state index contributed by atoms with van der Waals surface area (Å²) in [5, 5.41) is 1.66. The standard InChI is InChI=1S/C14H27BOSi/c1-5-14(17(2,3)4)15-12-8-6-10-13(16-15)11-7-9-12/h5,12-13H,6-11H2,1-4H3/b14-5-. The summed E-state index contributed by atoms with van der Waals surface area (Å²) in [6.45, 7) is 10.1. The molecule has 0 saturated carbocycles. The van der Waals surface area contributed by atoms with E-state index < -0.39 is 8.07 Å². The molecule has 2 rings (SSSR count). The van der Waals surface area contributed by atoms with Crippen LogP contribution in [-0.2, 0) is 4.65 Å². The van der Waals surface area contributed by atoms with E-state index >= 15 is 0 Å². The molecule has 96 valence electrons. The summed E-state index contributed by atoms with van der Waals surface area (Å²) in [5.41, 5.74) is 0. The Morgan fingerprint density at radius 2 is 1.71 bits per heavy atom. The molecule has 2 aliphatic heterocycles. The molecular weight excluding hydrogens is 223 g/mol. The second-order valence-corrected chi connectivity index (χ2v) is 11.9. The Morgan fingerprint density at radius 3 is 2.18 bits per heavy atom. The van der Waals surface area contributed by atoms with Gasteiger partial charge in [0.05, 0.1) is 8.07 Å². The van der Waals surface area contributed by atoms with Crippen molar-refractivity contribution in [1.29, 1.82) is 0 Å². The largest absolute Gasteiger partial charge is 0.429 e. The van der Waals surface area contributed by atoms with Gasteiger partial charge in [-0.05, 0) is 25.6 Å². The fraction of sp³-hybridized carbons (Fsp3) is 0.857. The van der Waals surface area contributed by atoms with Crippen LogP contribution in [0.15, 0.2) is 11.2 Å². The molecule has 0 radical (unpaired) electrons. The molecule has 0 aromatic carbocycles. The Hall–Kier alpha value is -0.0182. The van der Waals surface area contributed by atoms with Crippen LogP contribution >= 0.6 is 0 Å². The summed E-state index contributed by atoms with van der Waals surface area (Å²) in [5.74, 6) is 0.806. The second-order valence-electron chi connectivity index (χ2n) is 6.79. The predicted octanol–water partition coefficient (Wildman–Crippen LogP) is 4.46. The molecule has 2 fully saturated rings. The number of hydrogen-bond acceptors (Lipinski definition) is 1. The molecule has 17 heavy (non-hydrogen) atoms. The minimum Gasteiger partial charge on any atom is -0.429 e. The summed E-state index contributed by atoms with van der Waals surface area (Å²) in [4.78, 5) is 0. The smallest absolute Gasteiger partial charge is 0.321 e. The molecule has 2 heterocycles. The van der Waals surface area contributed by atoms with Gasteiger partial charge in [-0.25, -0.2) is 0 Å². The third kappa shape index (κ3) is 3.05. The van der Waals surface area contributed by atoms with Crippen molar-refractivity contribution in [3.63, 3.8) is 0 Å². The Labute approximate surface area is 108 Å². The van der Waals surface area contributed by atoms with E-state index in [4.69, 9.17) is 4.65 Å². The first-order valence-electron chi connectivity index (χ1n) is 7.34. The molecule has 2 saturated heterocycles. The first kappa shape index (κ1) is 13.4. The van der Waals surface area contributed by atoms with E-state index in [9.17, 15) is 0 Å². The summed E-state index contributed by atoms with van der Waals surface area (Å²) in [6.07, 6.45) is 11.1. The molecule has 3 heteroatoms. The fourth-order valence-electron chi connectivity index (χ4n) is 3.61. The van der Waals surface area contributed by atoms with Crippen LogP contribution in [0.3, 0.4) is 0 Å². The maximum Gasteiger partial charge on any atom is 0.321 e. The molecule has 0 aliphatic carbocycles. The van der Waals surface area contributed by atoms with Gasteiger partial charge in [-0.15, -0.1) is 0 Å². The minimum atomic E-state index is -1.22. The van der Waals surface area contributed by atoms with Crippen LogP contribution in [0.25, 0.3) is 0 Å². The van der Waals surface area contributed by atoms with E-state index in [0.717, 1.165) is 5.82 Å². The lowest BCUT2D eigenvalue weighted by Crippen LogP contribution is -2.40. The van der Waals surface area contributed by atoms with E-state index in [0.29, 0.717) is 13.0 Å². The van der Waals surface area contributed by atoms with Crippen LogP contribution in [-0.4, -0.2) is 21.1 Å². The van der Waals surface area contributed by atoms with E-state index in [1.807, 2.05) is 0 Å². The topological polar surface area (TPSA) is 9.23 Å². The lowest BCUT2D eigenvalue weighted by molar-refractivity contribution is 0.190. The highest BCUT2D eigenvalue weighted by molar-refractivity contribution is 6.96. The van der Waals surface area contributed by atoms with Crippen LogP contribution < -0.4 is 0 Å². The molecule has 0 unspecified atom stereocenters. The van der Waals surface area contributed by atoms with Crippen molar-refractivity contribution in [2.75, 3.05) is 0 Å². The molecule has 0 aromatic heterocycles. The minimum absolute atomic E-state index is 0.460. The highest BCUT2D eigenvalue weighted by Crippen LogP contribution is 2.40. The monoisotopic (exact) mass is 250 g/mol. The fourth-order valence-corrected chi connectivity index (χ4v) is 5.64. The van der Waals surface area contributed by atoms with Crippen LogP contribution in [0.1, 0.15) is 45.4 Å². The quantitative estimate of drug-likeness (QED) is 0.657. The SMILES string of the molecule is C/C=C(/B1OC2CCCC1CCC2)[Si](C)(C)C. The molecule has 1 nitrogen and oxygen atoms in total. The summed E-state index contributed by atoms with van der Waals surface area (Å²) in [6, 6.07) is 0. The summed E-state index contributed by atoms with van der Waals surface area (Å²) >= 11 is 0.